The Bertz CT molecular complexity index is 631. The van der Waals surface area contributed by atoms with Crippen LogP contribution in [0.4, 0.5) is 0 Å². The molecule has 0 atom stereocenters. The number of ketones is 2. The van der Waals surface area contributed by atoms with Crippen molar-refractivity contribution < 1.29 is 23.9 Å². The molecule has 20 heavy (non-hydrogen) atoms. The van der Waals surface area contributed by atoms with E-state index < -0.39 is 0 Å². The van der Waals surface area contributed by atoms with Crippen molar-refractivity contribution in [1.82, 2.24) is 0 Å². The minimum absolute atomic E-state index is 0.178. The Kier molecular flexibility index (Phi) is 3.84. The van der Waals surface area contributed by atoms with Crippen molar-refractivity contribution in [2.24, 2.45) is 5.16 Å². The first-order chi connectivity index (χ1) is 9.63. The lowest BCUT2D eigenvalue weighted by Crippen LogP contribution is -2.16. The molecule has 1 aromatic carbocycles. The molecular formula is C14H13NO5. The fourth-order valence-electron chi connectivity index (χ4n) is 2.04. The van der Waals surface area contributed by atoms with Crippen molar-refractivity contribution in [2.45, 2.75) is 0 Å². The second kappa shape index (κ2) is 5.56. The topological polar surface area (TPSA) is 74.2 Å². The molecular weight excluding hydrogens is 262 g/mol. The third-order valence-corrected chi connectivity index (χ3v) is 2.87. The summed E-state index contributed by atoms with van der Waals surface area (Å²) in [7, 11) is 4.24. The van der Waals surface area contributed by atoms with Gasteiger partial charge in [0.2, 0.25) is 0 Å². The van der Waals surface area contributed by atoms with Crippen LogP contribution in [0.3, 0.4) is 0 Å². The maximum atomic E-state index is 12.1. The lowest BCUT2D eigenvalue weighted by atomic mass is 9.91. The summed E-state index contributed by atoms with van der Waals surface area (Å²) in [5.74, 6) is -0.0576. The number of methoxy groups -OCH3 is 2. The third kappa shape index (κ3) is 2.16. The largest absolute Gasteiger partial charge is 0.496 e. The van der Waals surface area contributed by atoms with E-state index in [4.69, 9.17) is 9.47 Å². The van der Waals surface area contributed by atoms with E-state index in [1.165, 1.54) is 39.7 Å². The molecule has 2 rings (SSSR count). The highest BCUT2D eigenvalue weighted by Crippen LogP contribution is 2.36. The molecule has 1 aromatic rings. The van der Waals surface area contributed by atoms with Crippen LogP contribution in [0.2, 0.25) is 0 Å². The van der Waals surface area contributed by atoms with Gasteiger partial charge < -0.3 is 14.3 Å². The van der Waals surface area contributed by atoms with Crippen molar-refractivity contribution in [3.05, 3.63) is 34.9 Å². The standard InChI is InChI=1S/C14H13NO5/c1-18-11-6-8(7-15-20-3)14(19-2)13-10(17)5-4-9(16)12(11)13/h4-7H,1-3H3/b15-7+. The molecule has 0 radical (unpaired) electrons. The van der Waals surface area contributed by atoms with Crippen molar-refractivity contribution in [2.75, 3.05) is 21.3 Å². The van der Waals surface area contributed by atoms with Crippen LogP contribution in [-0.4, -0.2) is 39.1 Å². The van der Waals surface area contributed by atoms with Gasteiger partial charge in [0.05, 0.1) is 31.6 Å². The highest BCUT2D eigenvalue weighted by atomic mass is 16.6. The lowest BCUT2D eigenvalue weighted by Gasteiger charge is -2.18. The van der Waals surface area contributed by atoms with E-state index in [0.29, 0.717) is 11.3 Å². The number of rotatable bonds is 4. The van der Waals surface area contributed by atoms with Crippen LogP contribution in [0.15, 0.2) is 23.4 Å². The Hall–Kier alpha value is -2.63. The number of carbonyl (C=O) groups is 2. The fourth-order valence-corrected chi connectivity index (χ4v) is 2.04. The first-order valence-corrected chi connectivity index (χ1v) is 5.76. The number of hydrogen-bond donors (Lipinski definition) is 0. The number of nitrogens with zero attached hydrogens (tertiary/aromatic N) is 1. The fraction of sp³-hybridized carbons (Fsp3) is 0.214. The highest BCUT2D eigenvalue weighted by molar-refractivity contribution is 6.25. The number of benzene rings is 1. The van der Waals surface area contributed by atoms with E-state index in [1.54, 1.807) is 6.07 Å². The number of hydrogen-bond acceptors (Lipinski definition) is 6. The van der Waals surface area contributed by atoms with Crippen LogP contribution >= 0.6 is 0 Å². The molecule has 1 aliphatic rings. The minimum atomic E-state index is -0.317. The van der Waals surface area contributed by atoms with Gasteiger partial charge in [0, 0.05) is 5.56 Å². The molecule has 1 aliphatic carbocycles. The molecule has 0 unspecified atom stereocenters. The van der Waals surface area contributed by atoms with Gasteiger partial charge in [-0.3, -0.25) is 9.59 Å². The summed E-state index contributed by atoms with van der Waals surface area (Å²) in [5, 5.41) is 3.64. The summed E-state index contributed by atoms with van der Waals surface area (Å²) >= 11 is 0. The molecule has 104 valence electrons. The van der Waals surface area contributed by atoms with E-state index >= 15 is 0 Å². The average Bonchev–Trinajstić information content (AvgIpc) is 2.47. The molecule has 0 aromatic heterocycles. The SMILES string of the molecule is CO/N=C/c1cc(OC)c2c(c1OC)C(=O)C=CC2=O. The van der Waals surface area contributed by atoms with Crippen molar-refractivity contribution in [3.8, 4) is 11.5 Å². The number of carbonyl (C=O) groups excluding carboxylic acids is 2. The van der Waals surface area contributed by atoms with E-state index in [9.17, 15) is 9.59 Å². The second-order valence-corrected chi connectivity index (χ2v) is 3.93. The maximum absolute atomic E-state index is 12.1. The Balaban J connectivity index is 2.78. The van der Waals surface area contributed by atoms with Crippen LogP contribution in [0.5, 0.6) is 11.5 Å². The normalized spacial score (nSPS) is 13.6. The van der Waals surface area contributed by atoms with Crippen molar-refractivity contribution >= 4 is 17.8 Å². The Morgan fingerprint density at radius 1 is 1.00 bits per heavy atom. The number of ether oxygens (including phenoxy) is 2. The quantitative estimate of drug-likeness (QED) is 0.616. The summed E-state index contributed by atoms with van der Waals surface area (Å²) in [5.41, 5.74) is 0.865. The molecule has 0 bridgehead atoms. The van der Waals surface area contributed by atoms with Crippen LogP contribution < -0.4 is 9.47 Å². The van der Waals surface area contributed by atoms with Gasteiger partial charge in [-0.15, -0.1) is 0 Å². The predicted molar refractivity (Wildman–Crippen MR) is 72.0 cm³/mol. The molecule has 6 heteroatoms. The van der Waals surface area contributed by atoms with Crippen LogP contribution in [-0.2, 0) is 4.84 Å². The molecule has 0 saturated carbocycles. The third-order valence-electron chi connectivity index (χ3n) is 2.87. The lowest BCUT2D eigenvalue weighted by molar-refractivity contribution is 0.0989. The van der Waals surface area contributed by atoms with E-state index in [-0.39, 0.29) is 28.4 Å². The number of oxime groups is 1. The zero-order valence-corrected chi connectivity index (χ0v) is 11.3. The molecule has 0 heterocycles. The van der Waals surface area contributed by atoms with E-state index in [2.05, 4.69) is 9.99 Å². The van der Waals surface area contributed by atoms with Gasteiger partial charge >= 0.3 is 0 Å². The smallest absolute Gasteiger partial charge is 0.190 e. The van der Waals surface area contributed by atoms with E-state index in [0.717, 1.165) is 0 Å². The zero-order valence-electron chi connectivity index (χ0n) is 11.3. The second-order valence-electron chi connectivity index (χ2n) is 3.93. The van der Waals surface area contributed by atoms with Gasteiger partial charge in [-0.2, -0.15) is 0 Å². The van der Waals surface area contributed by atoms with Gasteiger partial charge in [-0.05, 0) is 18.2 Å². The summed E-state index contributed by atoms with van der Waals surface area (Å²) in [6.07, 6.45) is 3.82. The first-order valence-electron chi connectivity index (χ1n) is 5.76. The zero-order chi connectivity index (χ0) is 14.7. The maximum Gasteiger partial charge on any atom is 0.190 e. The summed E-state index contributed by atoms with van der Waals surface area (Å²) < 4.78 is 10.4. The summed E-state index contributed by atoms with van der Waals surface area (Å²) in [6, 6.07) is 1.57. The molecule has 0 spiro atoms. The Morgan fingerprint density at radius 3 is 2.20 bits per heavy atom. The van der Waals surface area contributed by atoms with Gasteiger partial charge in [0.25, 0.3) is 0 Å². The monoisotopic (exact) mass is 275 g/mol. The predicted octanol–water partition coefficient (Wildman–Crippen LogP) is 1.62. The number of fused-ring (bicyclic) bond motifs is 1. The van der Waals surface area contributed by atoms with Gasteiger partial charge in [-0.1, -0.05) is 5.16 Å². The van der Waals surface area contributed by atoms with Crippen LogP contribution in [0.25, 0.3) is 0 Å². The Morgan fingerprint density at radius 2 is 1.65 bits per heavy atom. The highest BCUT2D eigenvalue weighted by Gasteiger charge is 2.29. The van der Waals surface area contributed by atoms with Crippen LogP contribution in [0, 0.1) is 0 Å². The van der Waals surface area contributed by atoms with Crippen molar-refractivity contribution in [3.63, 3.8) is 0 Å². The molecule has 0 N–H and O–H groups in total. The molecule has 6 nitrogen and oxygen atoms in total. The minimum Gasteiger partial charge on any atom is -0.496 e. The molecule has 0 amide bonds. The molecule has 0 aliphatic heterocycles. The first kappa shape index (κ1) is 13.8. The summed E-state index contributed by atoms with van der Waals surface area (Å²) in [6.45, 7) is 0. The Labute approximate surface area is 115 Å². The van der Waals surface area contributed by atoms with E-state index in [1.807, 2.05) is 0 Å². The molecule has 0 saturated heterocycles. The van der Waals surface area contributed by atoms with Crippen LogP contribution in [0.1, 0.15) is 26.3 Å². The van der Waals surface area contributed by atoms with Gasteiger partial charge in [-0.25, -0.2) is 0 Å². The number of allylic oxidation sites excluding steroid dienone is 2. The molecule has 0 fully saturated rings. The van der Waals surface area contributed by atoms with Crippen molar-refractivity contribution in [1.29, 1.82) is 0 Å². The van der Waals surface area contributed by atoms with Gasteiger partial charge in [0.15, 0.2) is 11.6 Å². The van der Waals surface area contributed by atoms with Gasteiger partial charge in [0.1, 0.15) is 18.6 Å². The summed E-state index contributed by atoms with van der Waals surface area (Å²) in [4.78, 5) is 28.6. The average molecular weight is 275 g/mol.